The Morgan fingerprint density at radius 3 is 2.77 bits per heavy atom. The van der Waals surface area contributed by atoms with Crippen molar-refractivity contribution >= 4 is 16.7 Å². The van der Waals surface area contributed by atoms with E-state index >= 15 is 0 Å². The Morgan fingerprint density at radius 2 is 2.05 bits per heavy atom. The standard InChI is InChI=1S/C17H17F2N3/c1-9(2)10-5-12-11(8-22-17(12)21-7-10)6-13-14(18)3-4-15(20)16(13)19/h3-5,7-9H,6,20H2,1-2H3,(H,21,22). The molecule has 0 spiro atoms. The van der Waals surface area contributed by atoms with Crippen LogP contribution in [0.3, 0.4) is 0 Å². The average Bonchev–Trinajstić information content (AvgIpc) is 2.90. The molecule has 0 unspecified atom stereocenters. The highest BCUT2D eigenvalue weighted by Gasteiger charge is 2.15. The average molecular weight is 301 g/mol. The molecule has 0 radical (unpaired) electrons. The van der Waals surface area contributed by atoms with E-state index in [2.05, 4.69) is 23.8 Å². The number of nitrogens with one attached hydrogen (secondary N) is 1. The van der Waals surface area contributed by atoms with Crippen molar-refractivity contribution < 1.29 is 8.78 Å². The molecule has 3 nitrogen and oxygen atoms in total. The Morgan fingerprint density at radius 1 is 1.27 bits per heavy atom. The molecule has 0 atom stereocenters. The third-order valence-corrected chi connectivity index (χ3v) is 3.89. The third-order valence-electron chi connectivity index (χ3n) is 3.89. The van der Waals surface area contributed by atoms with Gasteiger partial charge in [0.2, 0.25) is 0 Å². The van der Waals surface area contributed by atoms with Crippen LogP contribution in [0.2, 0.25) is 0 Å². The van der Waals surface area contributed by atoms with E-state index in [1.807, 2.05) is 12.3 Å². The number of aromatic nitrogens is 2. The summed E-state index contributed by atoms with van der Waals surface area (Å²) in [5, 5.41) is 0.882. The van der Waals surface area contributed by atoms with Crippen molar-refractivity contribution in [3.8, 4) is 0 Å². The molecule has 2 heterocycles. The summed E-state index contributed by atoms with van der Waals surface area (Å²) in [4.78, 5) is 7.40. The lowest BCUT2D eigenvalue weighted by molar-refractivity contribution is 0.564. The van der Waals surface area contributed by atoms with Crippen molar-refractivity contribution in [1.82, 2.24) is 9.97 Å². The van der Waals surface area contributed by atoms with Gasteiger partial charge >= 0.3 is 0 Å². The van der Waals surface area contributed by atoms with Crippen molar-refractivity contribution in [3.63, 3.8) is 0 Å². The molecule has 5 heteroatoms. The summed E-state index contributed by atoms with van der Waals surface area (Å²) in [6.07, 6.45) is 3.69. The molecule has 3 N–H and O–H groups in total. The third kappa shape index (κ3) is 2.43. The molecule has 0 aliphatic heterocycles. The van der Waals surface area contributed by atoms with Gasteiger partial charge < -0.3 is 10.7 Å². The van der Waals surface area contributed by atoms with Crippen LogP contribution in [0.5, 0.6) is 0 Å². The lowest BCUT2D eigenvalue weighted by Gasteiger charge is -2.08. The van der Waals surface area contributed by atoms with E-state index < -0.39 is 11.6 Å². The van der Waals surface area contributed by atoms with Gasteiger partial charge in [0, 0.05) is 29.8 Å². The number of pyridine rings is 1. The quantitative estimate of drug-likeness (QED) is 0.714. The van der Waals surface area contributed by atoms with Crippen LogP contribution >= 0.6 is 0 Å². The van der Waals surface area contributed by atoms with Crippen molar-refractivity contribution in [2.45, 2.75) is 26.2 Å². The van der Waals surface area contributed by atoms with Crippen molar-refractivity contribution in [2.24, 2.45) is 0 Å². The predicted octanol–water partition coefficient (Wildman–Crippen LogP) is 4.14. The number of rotatable bonds is 3. The SMILES string of the molecule is CC(C)c1cnc2[nH]cc(Cc3c(F)ccc(N)c3F)c2c1. The maximum absolute atomic E-state index is 14.1. The van der Waals surface area contributed by atoms with E-state index in [1.54, 1.807) is 6.20 Å². The summed E-state index contributed by atoms with van der Waals surface area (Å²) in [5.41, 5.74) is 8.07. The molecule has 3 rings (SSSR count). The van der Waals surface area contributed by atoms with E-state index in [-0.39, 0.29) is 17.7 Å². The highest BCUT2D eigenvalue weighted by molar-refractivity contribution is 5.80. The zero-order chi connectivity index (χ0) is 15.9. The maximum atomic E-state index is 14.1. The molecule has 0 saturated heterocycles. The van der Waals surface area contributed by atoms with E-state index in [0.29, 0.717) is 11.6 Å². The molecule has 22 heavy (non-hydrogen) atoms. The monoisotopic (exact) mass is 301 g/mol. The molecule has 114 valence electrons. The normalized spacial score (nSPS) is 11.5. The number of benzene rings is 1. The van der Waals surface area contributed by atoms with Crippen LogP contribution in [0.25, 0.3) is 11.0 Å². The van der Waals surface area contributed by atoms with Crippen LogP contribution in [0, 0.1) is 11.6 Å². The van der Waals surface area contributed by atoms with Gasteiger partial charge in [0.25, 0.3) is 0 Å². The number of anilines is 1. The van der Waals surface area contributed by atoms with Crippen LogP contribution in [-0.2, 0) is 6.42 Å². The molecule has 0 saturated carbocycles. The van der Waals surface area contributed by atoms with Gasteiger partial charge in [-0.2, -0.15) is 0 Å². The number of fused-ring (bicyclic) bond motifs is 1. The fourth-order valence-electron chi connectivity index (χ4n) is 2.50. The summed E-state index contributed by atoms with van der Waals surface area (Å²) in [5.74, 6) is -0.947. The number of H-pyrrole nitrogens is 1. The fourth-order valence-corrected chi connectivity index (χ4v) is 2.50. The minimum Gasteiger partial charge on any atom is -0.396 e. The first kappa shape index (κ1) is 14.5. The summed E-state index contributed by atoms with van der Waals surface area (Å²) >= 11 is 0. The predicted molar refractivity (Wildman–Crippen MR) is 83.8 cm³/mol. The van der Waals surface area contributed by atoms with Crippen LogP contribution in [0.1, 0.15) is 36.5 Å². The van der Waals surface area contributed by atoms with Gasteiger partial charge in [-0.15, -0.1) is 0 Å². The molecule has 0 amide bonds. The zero-order valence-electron chi connectivity index (χ0n) is 12.5. The van der Waals surface area contributed by atoms with Gasteiger partial charge in [0.05, 0.1) is 5.69 Å². The number of hydrogen-bond acceptors (Lipinski definition) is 2. The van der Waals surface area contributed by atoms with Gasteiger partial charge in [-0.05, 0) is 35.2 Å². The first-order valence-electron chi connectivity index (χ1n) is 7.15. The van der Waals surface area contributed by atoms with Gasteiger partial charge in [-0.25, -0.2) is 13.8 Å². The van der Waals surface area contributed by atoms with Crippen LogP contribution in [-0.4, -0.2) is 9.97 Å². The topological polar surface area (TPSA) is 54.7 Å². The summed E-state index contributed by atoms with van der Waals surface area (Å²) in [6.45, 7) is 4.15. The molecule has 2 aromatic heterocycles. The second-order valence-electron chi connectivity index (χ2n) is 5.74. The molecule has 1 aromatic carbocycles. The van der Waals surface area contributed by atoms with E-state index in [0.717, 1.165) is 16.5 Å². The molecule has 0 bridgehead atoms. The van der Waals surface area contributed by atoms with Gasteiger partial charge in [0.15, 0.2) is 5.82 Å². The molecular weight excluding hydrogens is 284 g/mol. The lowest BCUT2D eigenvalue weighted by Crippen LogP contribution is -2.01. The first-order chi connectivity index (χ1) is 10.5. The maximum Gasteiger partial charge on any atom is 0.152 e. The minimum atomic E-state index is -0.692. The molecule has 0 fully saturated rings. The number of aromatic amines is 1. The highest BCUT2D eigenvalue weighted by atomic mass is 19.1. The number of halogens is 2. The minimum absolute atomic E-state index is 0.0177. The Bertz CT molecular complexity index is 837. The van der Waals surface area contributed by atoms with E-state index in [1.165, 1.54) is 12.1 Å². The fraction of sp³-hybridized carbons (Fsp3) is 0.235. The summed E-state index contributed by atoms with van der Waals surface area (Å²) in [6, 6.07) is 4.45. The number of hydrogen-bond donors (Lipinski definition) is 2. The van der Waals surface area contributed by atoms with Crippen LogP contribution in [0.15, 0.2) is 30.6 Å². The van der Waals surface area contributed by atoms with Gasteiger partial charge in [-0.3, -0.25) is 0 Å². The molecular formula is C17H17F2N3. The molecule has 3 aromatic rings. The number of nitrogens with two attached hydrogens (primary N) is 1. The lowest BCUT2D eigenvalue weighted by atomic mass is 10.00. The van der Waals surface area contributed by atoms with Gasteiger partial charge in [0.1, 0.15) is 11.5 Å². The summed E-state index contributed by atoms with van der Waals surface area (Å²) in [7, 11) is 0. The van der Waals surface area contributed by atoms with Crippen molar-refractivity contribution in [3.05, 3.63) is 58.9 Å². The van der Waals surface area contributed by atoms with Crippen LogP contribution < -0.4 is 5.73 Å². The van der Waals surface area contributed by atoms with E-state index in [9.17, 15) is 8.78 Å². The van der Waals surface area contributed by atoms with E-state index in [4.69, 9.17) is 5.73 Å². The largest absolute Gasteiger partial charge is 0.396 e. The molecule has 0 aliphatic rings. The Labute approximate surface area is 127 Å². The second-order valence-corrected chi connectivity index (χ2v) is 5.74. The van der Waals surface area contributed by atoms with Crippen molar-refractivity contribution in [2.75, 3.05) is 5.73 Å². The first-order valence-corrected chi connectivity index (χ1v) is 7.15. The molecule has 0 aliphatic carbocycles. The Kier molecular flexibility index (Phi) is 3.56. The van der Waals surface area contributed by atoms with Crippen molar-refractivity contribution in [1.29, 1.82) is 0 Å². The number of nitrogen functional groups attached to an aromatic ring is 1. The van der Waals surface area contributed by atoms with Crippen LogP contribution in [0.4, 0.5) is 14.5 Å². The summed E-state index contributed by atoms with van der Waals surface area (Å²) < 4.78 is 28.0. The zero-order valence-corrected chi connectivity index (χ0v) is 12.5. The van der Waals surface area contributed by atoms with Gasteiger partial charge in [-0.1, -0.05) is 13.8 Å². The smallest absolute Gasteiger partial charge is 0.152 e. The highest BCUT2D eigenvalue weighted by Crippen LogP contribution is 2.27. The second kappa shape index (κ2) is 5.40. The Hall–Kier alpha value is -2.43. The number of nitrogens with zero attached hydrogens (tertiary/aromatic N) is 1. The Balaban J connectivity index is 2.08.